The highest BCUT2D eigenvalue weighted by Gasteiger charge is 2.45. The molecule has 20 heavy (non-hydrogen) atoms. The molecular weight excluding hydrogens is 252 g/mol. The van der Waals surface area contributed by atoms with E-state index in [-0.39, 0.29) is 11.5 Å². The molecule has 2 aliphatic rings. The van der Waals surface area contributed by atoms with Gasteiger partial charge in [0, 0.05) is 18.1 Å². The number of fused-ring (bicyclic) bond motifs is 1. The monoisotopic (exact) mass is 282 g/mol. The highest BCUT2D eigenvalue weighted by Crippen LogP contribution is 2.39. The number of piperidine rings is 1. The van der Waals surface area contributed by atoms with Gasteiger partial charge in [-0.05, 0) is 52.2 Å². The van der Waals surface area contributed by atoms with E-state index in [1.165, 1.54) is 19.4 Å². The summed E-state index contributed by atoms with van der Waals surface area (Å²) in [5.41, 5.74) is 0.0290. The molecule has 116 valence electrons. The van der Waals surface area contributed by atoms with Crippen LogP contribution in [0.25, 0.3) is 0 Å². The standard InChI is InChI=1S/C16H30N2O2/c1-4-18(5-2)16(13-15(19)20-6-3)9-11-17-10-7-8-14(17)12-16/h14H,4-13H2,1-3H3. The Hall–Kier alpha value is -0.610. The van der Waals surface area contributed by atoms with E-state index in [9.17, 15) is 4.79 Å². The van der Waals surface area contributed by atoms with Gasteiger partial charge in [-0.1, -0.05) is 13.8 Å². The van der Waals surface area contributed by atoms with E-state index in [0.717, 1.165) is 32.5 Å². The molecule has 2 heterocycles. The summed E-state index contributed by atoms with van der Waals surface area (Å²) in [6.45, 7) is 11.2. The second kappa shape index (κ2) is 6.90. The van der Waals surface area contributed by atoms with Gasteiger partial charge in [0.15, 0.2) is 0 Å². The molecule has 2 unspecified atom stereocenters. The van der Waals surface area contributed by atoms with Gasteiger partial charge in [0.2, 0.25) is 0 Å². The van der Waals surface area contributed by atoms with Crippen LogP contribution < -0.4 is 0 Å². The molecule has 2 saturated heterocycles. The number of hydrogen-bond acceptors (Lipinski definition) is 4. The van der Waals surface area contributed by atoms with E-state index < -0.39 is 0 Å². The molecular formula is C16H30N2O2. The zero-order valence-electron chi connectivity index (χ0n) is 13.4. The highest BCUT2D eigenvalue weighted by molar-refractivity contribution is 5.71. The van der Waals surface area contributed by atoms with E-state index in [1.807, 2.05) is 6.92 Å². The van der Waals surface area contributed by atoms with Gasteiger partial charge in [0.1, 0.15) is 0 Å². The summed E-state index contributed by atoms with van der Waals surface area (Å²) >= 11 is 0. The minimum atomic E-state index is -0.0224. The third-order valence-electron chi connectivity index (χ3n) is 5.19. The number of rotatable bonds is 6. The molecule has 2 aliphatic heterocycles. The summed E-state index contributed by atoms with van der Waals surface area (Å²) in [6, 6.07) is 0.679. The van der Waals surface area contributed by atoms with Gasteiger partial charge in [-0.3, -0.25) is 9.69 Å². The Balaban J connectivity index is 2.13. The molecule has 0 amide bonds. The largest absolute Gasteiger partial charge is 0.466 e. The van der Waals surface area contributed by atoms with Crippen molar-refractivity contribution in [2.45, 2.75) is 64.5 Å². The summed E-state index contributed by atoms with van der Waals surface area (Å²) in [5.74, 6) is -0.0224. The predicted molar refractivity (Wildman–Crippen MR) is 80.7 cm³/mol. The maximum absolute atomic E-state index is 12.1. The van der Waals surface area contributed by atoms with Crippen molar-refractivity contribution in [3.63, 3.8) is 0 Å². The molecule has 2 fully saturated rings. The molecule has 0 saturated carbocycles. The van der Waals surface area contributed by atoms with E-state index in [2.05, 4.69) is 23.6 Å². The van der Waals surface area contributed by atoms with Crippen LogP contribution in [0.2, 0.25) is 0 Å². The molecule has 0 N–H and O–H groups in total. The molecule has 0 bridgehead atoms. The maximum atomic E-state index is 12.1. The number of carbonyl (C=O) groups excluding carboxylic acids is 1. The Labute approximate surface area is 123 Å². The number of hydrogen-bond donors (Lipinski definition) is 0. The maximum Gasteiger partial charge on any atom is 0.307 e. The molecule has 2 rings (SSSR count). The molecule has 0 aromatic rings. The van der Waals surface area contributed by atoms with Crippen LogP contribution in [0.4, 0.5) is 0 Å². The average Bonchev–Trinajstić information content (AvgIpc) is 2.87. The van der Waals surface area contributed by atoms with E-state index in [1.54, 1.807) is 0 Å². The third-order valence-corrected chi connectivity index (χ3v) is 5.19. The van der Waals surface area contributed by atoms with Crippen LogP contribution in [0.15, 0.2) is 0 Å². The average molecular weight is 282 g/mol. The molecule has 4 heteroatoms. The quantitative estimate of drug-likeness (QED) is 0.700. The van der Waals surface area contributed by atoms with Gasteiger partial charge < -0.3 is 9.64 Å². The van der Waals surface area contributed by atoms with Gasteiger partial charge >= 0.3 is 5.97 Å². The summed E-state index contributed by atoms with van der Waals surface area (Å²) in [4.78, 5) is 17.2. The van der Waals surface area contributed by atoms with Crippen molar-refractivity contribution >= 4 is 5.97 Å². The SMILES string of the molecule is CCOC(=O)CC1(N(CC)CC)CCN2CCCC2C1. The van der Waals surface area contributed by atoms with Crippen LogP contribution >= 0.6 is 0 Å². The number of nitrogens with zero attached hydrogens (tertiary/aromatic N) is 2. The van der Waals surface area contributed by atoms with E-state index in [0.29, 0.717) is 19.1 Å². The van der Waals surface area contributed by atoms with Gasteiger partial charge in [-0.2, -0.15) is 0 Å². The number of esters is 1. The van der Waals surface area contributed by atoms with Crippen molar-refractivity contribution in [1.29, 1.82) is 0 Å². The molecule has 0 radical (unpaired) electrons. The van der Waals surface area contributed by atoms with Gasteiger partial charge in [0.05, 0.1) is 13.0 Å². The first-order valence-corrected chi connectivity index (χ1v) is 8.30. The summed E-state index contributed by atoms with van der Waals surface area (Å²) < 4.78 is 5.24. The number of ether oxygens (including phenoxy) is 1. The Morgan fingerprint density at radius 3 is 2.70 bits per heavy atom. The van der Waals surface area contributed by atoms with Crippen molar-refractivity contribution in [2.75, 3.05) is 32.8 Å². The first-order valence-electron chi connectivity index (χ1n) is 8.30. The Bertz CT molecular complexity index is 330. The fraction of sp³-hybridized carbons (Fsp3) is 0.938. The lowest BCUT2D eigenvalue weighted by Crippen LogP contribution is -2.58. The third kappa shape index (κ3) is 3.17. The zero-order chi connectivity index (χ0) is 14.6. The first kappa shape index (κ1) is 15.8. The van der Waals surface area contributed by atoms with Crippen LogP contribution in [-0.2, 0) is 9.53 Å². The number of carbonyl (C=O) groups is 1. The second-order valence-electron chi connectivity index (χ2n) is 6.16. The predicted octanol–water partition coefficient (Wildman–Crippen LogP) is 2.28. The minimum Gasteiger partial charge on any atom is -0.466 e. The van der Waals surface area contributed by atoms with Crippen LogP contribution in [0.1, 0.15) is 52.9 Å². The lowest BCUT2D eigenvalue weighted by Gasteiger charge is -2.50. The van der Waals surface area contributed by atoms with Gasteiger partial charge in [-0.15, -0.1) is 0 Å². The van der Waals surface area contributed by atoms with Crippen LogP contribution in [0, 0.1) is 0 Å². The zero-order valence-corrected chi connectivity index (χ0v) is 13.4. The topological polar surface area (TPSA) is 32.8 Å². The van der Waals surface area contributed by atoms with Crippen molar-refractivity contribution in [2.24, 2.45) is 0 Å². The second-order valence-corrected chi connectivity index (χ2v) is 6.16. The normalized spacial score (nSPS) is 30.5. The first-order chi connectivity index (χ1) is 9.65. The molecule has 4 nitrogen and oxygen atoms in total. The van der Waals surface area contributed by atoms with Crippen LogP contribution in [0.3, 0.4) is 0 Å². The molecule has 0 aliphatic carbocycles. The fourth-order valence-electron chi connectivity index (χ4n) is 4.25. The lowest BCUT2D eigenvalue weighted by molar-refractivity contribution is -0.148. The summed E-state index contributed by atoms with van der Waals surface area (Å²) in [7, 11) is 0. The highest BCUT2D eigenvalue weighted by atomic mass is 16.5. The lowest BCUT2D eigenvalue weighted by atomic mass is 9.79. The molecule has 0 aromatic carbocycles. The van der Waals surface area contributed by atoms with Crippen LogP contribution in [0.5, 0.6) is 0 Å². The Kier molecular flexibility index (Phi) is 5.44. The van der Waals surface area contributed by atoms with Crippen molar-refractivity contribution < 1.29 is 9.53 Å². The summed E-state index contributed by atoms with van der Waals surface area (Å²) in [5, 5.41) is 0. The van der Waals surface area contributed by atoms with Crippen molar-refractivity contribution in [3.8, 4) is 0 Å². The van der Waals surface area contributed by atoms with E-state index >= 15 is 0 Å². The van der Waals surface area contributed by atoms with Crippen molar-refractivity contribution in [3.05, 3.63) is 0 Å². The van der Waals surface area contributed by atoms with Gasteiger partial charge in [0.25, 0.3) is 0 Å². The summed E-state index contributed by atoms with van der Waals surface area (Å²) in [6.07, 6.45) is 5.41. The smallest absolute Gasteiger partial charge is 0.307 e. The van der Waals surface area contributed by atoms with E-state index in [4.69, 9.17) is 4.74 Å². The molecule has 2 atom stereocenters. The van der Waals surface area contributed by atoms with Crippen LogP contribution in [-0.4, -0.2) is 60.1 Å². The Morgan fingerprint density at radius 2 is 2.05 bits per heavy atom. The minimum absolute atomic E-state index is 0.0224. The van der Waals surface area contributed by atoms with Crippen molar-refractivity contribution in [1.82, 2.24) is 9.80 Å². The molecule has 0 spiro atoms. The fourth-order valence-corrected chi connectivity index (χ4v) is 4.25. The van der Waals surface area contributed by atoms with Gasteiger partial charge in [-0.25, -0.2) is 0 Å². The Morgan fingerprint density at radius 1 is 1.30 bits per heavy atom. The molecule has 0 aromatic heterocycles.